The molecule has 0 atom stereocenters. The first-order chi connectivity index (χ1) is 23.8. The van der Waals surface area contributed by atoms with E-state index in [0.29, 0.717) is 0 Å². The van der Waals surface area contributed by atoms with Crippen molar-refractivity contribution in [2.75, 3.05) is 65.8 Å². The van der Waals surface area contributed by atoms with Gasteiger partial charge in [0.15, 0.2) is 0 Å². The van der Waals surface area contributed by atoms with E-state index in [4.69, 9.17) is 14.2 Å². The maximum Gasteiger partial charge on any atom is 0.103 e. The fraction of sp³-hybridized carbons (Fsp3) is 0.909. The van der Waals surface area contributed by atoms with Gasteiger partial charge in [0.1, 0.15) is 26.2 Å². The molecule has 0 aliphatic carbocycles. The predicted molar refractivity (Wildman–Crippen MR) is 211 cm³/mol. The highest BCUT2D eigenvalue weighted by atomic mass is 16.5. The number of unbranched alkanes of at least 4 members (excludes halogenated alkanes) is 24. The van der Waals surface area contributed by atoms with Gasteiger partial charge in [0.25, 0.3) is 0 Å². The molecule has 1 aliphatic heterocycles. The average molecular weight is 677 g/mol. The third-order valence-corrected chi connectivity index (χ3v) is 10.4. The highest BCUT2D eigenvalue weighted by molar-refractivity contribution is 4.82. The first-order valence-electron chi connectivity index (χ1n) is 21.7. The molecule has 0 amide bonds. The zero-order chi connectivity index (χ0) is 34.3. The Balaban J connectivity index is 1.90. The second-order valence-electron chi connectivity index (χ2n) is 14.9. The molecule has 1 fully saturated rings. The summed E-state index contributed by atoms with van der Waals surface area (Å²) in [7, 11) is 0. The molecule has 0 saturated carbocycles. The Kier molecular flexibility index (Phi) is 35.5. The van der Waals surface area contributed by atoms with Gasteiger partial charge in [-0.25, -0.2) is 0 Å². The van der Waals surface area contributed by atoms with Gasteiger partial charge < -0.3 is 18.7 Å². The molecule has 0 aromatic carbocycles. The normalized spacial score (nSPS) is 15.0. The maximum atomic E-state index is 6.11. The molecule has 0 aromatic rings. The van der Waals surface area contributed by atoms with Crippen LogP contribution in [0.3, 0.4) is 0 Å². The molecule has 0 aromatic heterocycles. The van der Waals surface area contributed by atoms with Gasteiger partial charge in [-0.3, -0.25) is 0 Å². The molecule has 0 bridgehead atoms. The number of hydrogen-bond acceptors (Lipinski definition) is 3. The Morgan fingerprint density at radius 1 is 0.396 bits per heavy atom. The van der Waals surface area contributed by atoms with Gasteiger partial charge in [-0.15, -0.1) is 0 Å². The van der Waals surface area contributed by atoms with Crippen molar-refractivity contribution in [3.8, 4) is 0 Å². The minimum absolute atomic E-state index is 0.875. The van der Waals surface area contributed by atoms with Gasteiger partial charge in [-0.05, 0) is 64.2 Å². The molecule has 1 saturated heterocycles. The third kappa shape index (κ3) is 31.3. The predicted octanol–water partition coefficient (Wildman–Crippen LogP) is 12.9. The third-order valence-electron chi connectivity index (χ3n) is 10.4. The molecule has 0 radical (unpaired) electrons. The van der Waals surface area contributed by atoms with Crippen LogP contribution in [-0.2, 0) is 14.2 Å². The highest BCUT2D eigenvalue weighted by Gasteiger charge is 2.29. The van der Waals surface area contributed by atoms with Crippen LogP contribution in [0.4, 0.5) is 0 Å². The Labute approximate surface area is 301 Å². The summed E-state index contributed by atoms with van der Waals surface area (Å²) in [6.45, 7) is 14.4. The van der Waals surface area contributed by atoms with Crippen LogP contribution in [0.2, 0.25) is 0 Å². The highest BCUT2D eigenvalue weighted by Crippen LogP contribution is 2.14. The molecule has 48 heavy (non-hydrogen) atoms. The van der Waals surface area contributed by atoms with Crippen LogP contribution in [0.5, 0.6) is 0 Å². The number of ether oxygens (including phenoxy) is 3. The van der Waals surface area contributed by atoms with Gasteiger partial charge in [-0.2, -0.15) is 0 Å². The van der Waals surface area contributed by atoms with Crippen molar-refractivity contribution in [2.45, 2.75) is 194 Å². The number of rotatable bonds is 38. The minimum Gasteiger partial charge on any atom is -0.376 e. The molecule has 4 nitrogen and oxygen atoms in total. The summed E-state index contributed by atoms with van der Waals surface area (Å²) in [5, 5.41) is 0. The Morgan fingerprint density at radius 2 is 0.708 bits per heavy atom. The standard InChI is InChI=1S/C44H86NO3/c1-3-5-7-9-11-13-15-17-19-21-23-25-27-29-31-33-39-46-41-35-45(37-43-48-44-38-45)36-42-47-40-34-32-30-28-26-24-22-20-18-16-14-12-10-8-6-4-2/h17-20H,3-16,21-44H2,1-2H3/q+1/b19-17-,20-18-. The van der Waals surface area contributed by atoms with Crippen molar-refractivity contribution in [2.24, 2.45) is 0 Å². The minimum atomic E-state index is 0.875. The van der Waals surface area contributed by atoms with Gasteiger partial charge in [0.2, 0.25) is 0 Å². The van der Waals surface area contributed by atoms with E-state index in [1.807, 2.05) is 0 Å². The lowest BCUT2D eigenvalue weighted by Gasteiger charge is -2.41. The summed E-state index contributed by atoms with van der Waals surface area (Å²) in [5.74, 6) is 0. The summed E-state index contributed by atoms with van der Waals surface area (Å²) in [6.07, 6.45) is 47.6. The molecular formula is C44H86NO3+. The van der Waals surface area contributed by atoms with E-state index < -0.39 is 0 Å². The molecule has 1 heterocycles. The molecule has 1 rings (SSSR count). The Hall–Kier alpha value is -0.680. The van der Waals surface area contributed by atoms with Gasteiger partial charge in [-0.1, -0.05) is 154 Å². The summed E-state index contributed by atoms with van der Waals surface area (Å²) >= 11 is 0. The SMILES string of the molecule is CCCCCCCC/C=C\CCCCCCCCOCC[N+]1(CCOCCCCCCCC/C=C\CCCCCCCC)CCOCC1. The van der Waals surface area contributed by atoms with Crippen LogP contribution in [-0.4, -0.2) is 70.3 Å². The van der Waals surface area contributed by atoms with Crippen LogP contribution >= 0.6 is 0 Å². The summed E-state index contributed by atoms with van der Waals surface area (Å²) in [6, 6.07) is 0. The van der Waals surface area contributed by atoms with Crippen LogP contribution in [0.25, 0.3) is 0 Å². The molecular weight excluding hydrogens is 590 g/mol. The average Bonchev–Trinajstić information content (AvgIpc) is 3.10. The van der Waals surface area contributed by atoms with Crippen molar-refractivity contribution in [1.29, 1.82) is 0 Å². The van der Waals surface area contributed by atoms with E-state index in [1.165, 1.54) is 180 Å². The maximum absolute atomic E-state index is 6.11. The zero-order valence-corrected chi connectivity index (χ0v) is 32.9. The second kappa shape index (κ2) is 37.6. The smallest absolute Gasteiger partial charge is 0.103 e. The van der Waals surface area contributed by atoms with Crippen molar-refractivity contribution in [3.63, 3.8) is 0 Å². The van der Waals surface area contributed by atoms with Gasteiger partial charge >= 0.3 is 0 Å². The van der Waals surface area contributed by atoms with Crippen LogP contribution < -0.4 is 0 Å². The van der Waals surface area contributed by atoms with E-state index in [1.54, 1.807) is 0 Å². The fourth-order valence-corrected chi connectivity index (χ4v) is 6.91. The van der Waals surface area contributed by atoms with E-state index in [0.717, 1.165) is 70.3 Å². The molecule has 284 valence electrons. The molecule has 0 N–H and O–H groups in total. The largest absolute Gasteiger partial charge is 0.376 e. The molecule has 4 heteroatoms. The van der Waals surface area contributed by atoms with Crippen LogP contribution in [0.15, 0.2) is 24.3 Å². The van der Waals surface area contributed by atoms with E-state index >= 15 is 0 Å². The lowest BCUT2D eigenvalue weighted by Crippen LogP contribution is -2.58. The first-order valence-corrected chi connectivity index (χ1v) is 21.7. The van der Waals surface area contributed by atoms with Crippen molar-refractivity contribution >= 4 is 0 Å². The number of hydrogen-bond donors (Lipinski definition) is 0. The molecule has 0 spiro atoms. The van der Waals surface area contributed by atoms with Crippen molar-refractivity contribution in [3.05, 3.63) is 24.3 Å². The molecule has 1 aliphatic rings. The lowest BCUT2D eigenvalue weighted by atomic mass is 10.1. The monoisotopic (exact) mass is 677 g/mol. The first kappa shape index (κ1) is 45.3. The van der Waals surface area contributed by atoms with Crippen molar-refractivity contribution in [1.82, 2.24) is 0 Å². The molecule has 0 unspecified atom stereocenters. The number of allylic oxidation sites excluding steroid dienone is 4. The summed E-state index contributed by atoms with van der Waals surface area (Å²) in [5.41, 5.74) is 0. The van der Waals surface area contributed by atoms with Crippen LogP contribution in [0.1, 0.15) is 194 Å². The summed E-state index contributed by atoms with van der Waals surface area (Å²) < 4.78 is 19.0. The van der Waals surface area contributed by atoms with E-state index in [2.05, 4.69) is 38.2 Å². The van der Waals surface area contributed by atoms with E-state index in [9.17, 15) is 0 Å². The number of nitrogens with zero attached hydrogens (tertiary/aromatic N) is 1. The zero-order valence-electron chi connectivity index (χ0n) is 32.9. The second-order valence-corrected chi connectivity index (χ2v) is 14.9. The number of morpholine rings is 1. The Bertz CT molecular complexity index is 622. The quantitative estimate of drug-likeness (QED) is 0.0370. The Morgan fingerprint density at radius 3 is 1.06 bits per heavy atom. The summed E-state index contributed by atoms with van der Waals surface area (Å²) in [4.78, 5) is 0. The topological polar surface area (TPSA) is 27.7 Å². The van der Waals surface area contributed by atoms with Gasteiger partial charge in [0.05, 0.1) is 26.4 Å². The van der Waals surface area contributed by atoms with Crippen molar-refractivity contribution < 1.29 is 18.7 Å². The van der Waals surface area contributed by atoms with E-state index in [-0.39, 0.29) is 0 Å². The van der Waals surface area contributed by atoms with Gasteiger partial charge in [0, 0.05) is 13.2 Å². The van der Waals surface area contributed by atoms with Crippen LogP contribution in [0, 0.1) is 0 Å². The fourth-order valence-electron chi connectivity index (χ4n) is 6.91. The lowest BCUT2D eigenvalue weighted by molar-refractivity contribution is -0.935. The number of quaternary nitrogens is 1.